The predicted molar refractivity (Wildman–Crippen MR) is 75.2 cm³/mol. The molecule has 0 spiro atoms. The van der Waals surface area contributed by atoms with Crippen molar-refractivity contribution in [3.8, 4) is 0 Å². The molecule has 0 aromatic rings. The van der Waals surface area contributed by atoms with Crippen LogP contribution in [0.15, 0.2) is 0 Å². The number of hydrogen-bond donors (Lipinski definition) is 0. The molecule has 0 aromatic carbocycles. The average molecular weight is 237 g/mol. The molecule has 2 rings (SSSR count). The summed E-state index contributed by atoms with van der Waals surface area (Å²) in [6.45, 7) is 9.95. The summed E-state index contributed by atoms with van der Waals surface area (Å²) in [5, 5.41) is 0. The molecule has 1 saturated carbocycles. The lowest BCUT2D eigenvalue weighted by molar-refractivity contribution is 0.0481. The Hall–Kier alpha value is -0.0400. The molecule has 0 N–H and O–H groups in total. The van der Waals surface area contributed by atoms with Crippen LogP contribution in [-0.2, 0) is 0 Å². The van der Waals surface area contributed by atoms with E-state index in [1.165, 1.54) is 64.5 Å². The highest BCUT2D eigenvalue weighted by molar-refractivity contribution is 4.88. The van der Waals surface area contributed by atoms with Crippen molar-refractivity contribution in [2.75, 3.05) is 13.1 Å². The van der Waals surface area contributed by atoms with Crippen LogP contribution in [0.4, 0.5) is 0 Å². The summed E-state index contributed by atoms with van der Waals surface area (Å²) in [4.78, 5) is 2.81. The summed E-state index contributed by atoms with van der Waals surface area (Å²) in [6.07, 6.45) is 11.5. The van der Waals surface area contributed by atoms with E-state index in [9.17, 15) is 0 Å². The van der Waals surface area contributed by atoms with E-state index >= 15 is 0 Å². The van der Waals surface area contributed by atoms with Crippen molar-refractivity contribution in [2.45, 2.75) is 78.2 Å². The highest BCUT2D eigenvalue weighted by Crippen LogP contribution is 2.39. The molecule has 0 unspecified atom stereocenters. The summed E-state index contributed by atoms with van der Waals surface area (Å²) in [5.41, 5.74) is 0.693. The third-order valence-corrected chi connectivity index (χ3v) is 5.86. The minimum absolute atomic E-state index is 0.693. The summed E-state index contributed by atoms with van der Waals surface area (Å²) < 4.78 is 0. The van der Waals surface area contributed by atoms with E-state index in [2.05, 4.69) is 25.7 Å². The third kappa shape index (κ3) is 3.05. The number of piperidine rings is 1. The smallest absolute Gasteiger partial charge is 0.00954 e. The number of rotatable bonds is 3. The van der Waals surface area contributed by atoms with Crippen molar-refractivity contribution in [3.05, 3.63) is 0 Å². The molecule has 0 bridgehead atoms. The van der Waals surface area contributed by atoms with E-state index in [4.69, 9.17) is 0 Å². The topological polar surface area (TPSA) is 3.24 Å². The van der Waals surface area contributed by atoms with Gasteiger partial charge < -0.3 is 4.90 Å². The first kappa shape index (κ1) is 13.4. The zero-order chi connectivity index (χ0) is 12.3. The molecule has 1 saturated heterocycles. The van der Waals surface area contributed by atoms with E-state index in [-0.39, 0.29) is 0 Å². The molecule has 2 aliphatic rings. The Morgan fingerprint density at radius 3 is 1.94 bits per heavy atom. The second-order valence-corrected chi connectivity index (χ2v) is 6.66. The number of likely N-dealkylation sites (tertiary alicyclic amines) is 1. The highest BCUT2D eigenvalue weighted by atomic mass is 15.2. The molecule has 0 amide bonds. The van der Waals surface area contributed by atoms with E-state index in [1.807, 2.05) is 0 Å². The normalized spacial score (nSPS) is 34.8. The molecule has 100 valence electrons. The quantitative estimate of drug-likeness (QED) is 0.700. The van der Waals surface area contributed by atoms with Crippen molar-refractivity contribution >= 4 is 0 Å². The van der Waals surface area contributed by atoms with Crippen molar-refractivity contribution in [2.24, 2.45) is 11.3 Å². The lowest BCUT2D eigenvalue weighted by atomic mass is 9.73. The molecule has 0 atom stereocenters. The Bertz CT molecular complexity index is 214. The Labute approximate surface area is 108 Å². The van der Waals surface area contributed by atoms with E-state index in [1.54, 1.807) is 0 Å². The Balaban J connectivity index is 1.82. The third-order valence-electron chi connectivity index (χ3n) is 5.86. The molecule has 1 heterocycles. The molecule has 1 heteroatoms. The zero-order valence-electron chi connectivity index (χ0n) is 12.2. The van der Waals surface area contributed by atoms with Crippen LogP contribution in [0.3, 0.4) is 0 Å². The van der Waals surface area contributed by atoms with Gasteiger partial charge in [-0.3, -0.25) is 0 Å². The van der Waals surface area contributed by atoms with E-state index < -0.39 is 0 Å². The summed E-state index contributed by atoms with van der Waals surface area (Å²) >= 11 is 0. The molecular weight excluding hydrogens is 206 g/mol. The fourth-order valence-corrected chi connectivity index (χ4v) is 3.93. The molecule has 0 aromatic heterocycles. The maximum absolute atomic E-state index is 2.81. The molecule has 1 nitrogen and oxygen atoms in total. The molecule has 0 radical (unpaired) electrons. The van der Waals surface area contributed by atoms with Gasteiger partial charge in [0.1, 0.15) is 0 Å². The minimum Gasteiger partial charge on any atom is -0.300 e. The fourth-order valence-electron chi connectivity index (χ4n) is 3.93. The van der Waals surface area contributed by atoms with Crippen LogP contribution in [0.2, 0.25) is 0 Å². The predicted octanol–water partition coefficient (Wildman–Crippen LogP) is 4.47. The second kappa shape index (κ2) is 5.73. The number of nitrogens with zero attached hydrogens (tertiary/aromatic N) is 1. The summed E-state index contributed by atoms with van der Waals surface area (Å²) in [7, 11) is 0. The van der Waals surface area contributed by atoms with Crippen LogP contribution in [0.25, 0.3) is 0 Å². The number of hydrogen-bond acceptors (Lipinski definition) is 1. The fraction of sp³-hybridized carbons (Fsp3) is 1.00. The first-order valence-corrected chi connectivity index (χ1v) is 7.93. The van der Waals surface area contributed by atoms with Crippen molar-refractivity contribution in [1.82, 2.24) is 4.90 Å². The Morgan fingerprint density at radius 1 is 0.941 bits per heavy atom. The van der Waals surface area contributed by atoms with Crippen LogP contribution in [0.1, 0.15) is 72.1 Å². The van der Waals surface area contributed by atoms with Gasteiger partial charge in [0.25, 0.3) is 0 Å². The average Bonchev–Trinajstić information content (AvgIpc) is 2.40. The van der Waals surface area contributed by atoms with Gasteiger partial charge in [-0.05, 0) is 62.9 Å². The van der Waals surface area contributed by atoms with Gasteiger partial charge in [0.15, 0.2) is 0 Å². The van der Waals surface area contributed by atoms with Crippen LogP contribution >= 0.6 is 0 Å². The Kier molecular flexibility index (Phi) is 4.52. The van der Waals surface area contributed by atoms with Gasteiger partial charge in [0.05, 0.1) is 0 Å². The monoisotopic (exact) mass is 237 g/mol. The van der Waals surface area contributed by atoms with Gasteiger partial charge in [-0.1, -0.05) is 33.6 Å². The van der Waals surface area contributed by atoms with Gasteiger partial charge in [-0.15, -0.1) is 0 Å². The maximum atomic E-state index is 2.81. The van der Waals surface area contributed by atoms with Gasteiger partial charge in [-0.25, -0.2) is 0 Å². The molecule has 1 aliphatic carbocycles. The second-order valence-electron chi connectivity index (χ2n) is 6.66. The largest absolute Gasteiger partial charge is 0.300 e. The molecule has 2 fully saturated rings. The lowest BCUT2D eigenvalue weighted by Gasteiger charge is -2.45. The first-order valence-electron chi connectivity index (χ1n) is 7.93. The van der Waals surface area contributed by atoms with Gasteiger partial charge in [0.2, 0.25) is 0 Å². The summed E-state index contributed by atoms with van der Waals surface area (Å²) in [6, 6.07) is 0.929. The highest BCUT2D eigenvalue weighted by Gasteiger charge is 2.34. The van der Waals surface area contributed by atoms with Gasteiger partial charge in [0, 0.05) is 6.04 Å². The van der Waals surface area contributed by atoms with Crippen molar-refractivity contribution in [3.63, 3.8) is 0 Å². The van der Waals surface area contributed by atoms with Crippen molar-refractivity contribution in [1.29, 1.82) is 0 Å². The first-order chi connectivity index (χ1) is 8.19. The van der Waals surface area contributed by atoms with E-state index in [0.29, 0.717) is 5.41 Å². The SMILES string of the molecule is CCC1(CC)CCN(C2CCC(C)CC2)CC1. The minimum atomic E-state index is 0.693. The molecule has 1 aliphatic heterocycles. The summed E-state index contributed by atoms with van der Waals surface area (Å²) in [5.74, 6) is 0.987. The lowest BCUT2D eigenvalue weighted by Crippen LogP contribution is -2.46. The molecule has 17 heavy (non-hydrogen) atoms. The maximum Gasteiger partial charge on any atom is 0.00954 e. The zero-order valence-corrected chi connectivity index (χ0v) is 12.2. The standard InChI is InChI=1S/C16H31N/c1-4-16(5-2)10-12-17(13-11-16)15-8-6-14(3)7-9-15/h14-15H,4-13H2,1-3H3. The van der Waals surface area contributed by atoms with Crippen LogP contribution in [0, 0.1) is 11.3 Å². The van der Waals surface area contributed by atoms with Gasteiger partial charge >= 0.3 is 0 Å². The Morgan fingerprint density at radius 2 is 1.47 bits per heavy atom. The van der Waals surface area contributed by atoms with Gasteiger partial charge in [-0.2, -0.15) is 0 Å². The van der Waals surface area contributed by atoms with E-state index in [0.717, 1.165) is 12.0 Å². The molecular formula is C16H31N. The van der Waals surface area contributed by atoms with Crippen LogP contribution in [0.5, 0.6) is 0 Å². The van der Waals surface area contributed by atoms with Crippen LogP contribution in [-0.4, -0.2) is 24.0 Å². The van der Waals surface area contributed by atoms with Crippen molar-refractivity contribution < 1.29 is 0 Å². The van der Waals surface area contributed by atoms with Crippen LogP contribution < -0.4 is 0 Å².